The second-order valence-corrected chi connectivity index (χ2v) is 12.5. The van der Waals surface area contributed by atoms with E-state index in [1.54, 1.807) is 0 Å². The number of nitrogens with zero attached hydrogens (tertiary/aromatic N) is 2. The van der Waals surface area contributed by atoms with Crippen LogP contribution in [0, 0.1) is 0 Å². The summed E-state index contributed by atoms with van der Waals surface area (Å²) in [6, 6.07) is 46.2. The maximum Gasteiger partial charge on any atom is 0.159 e. The summed E-state index contributed by atoms with van der Waals surface area (Å²) in [5.41, 5.74) is 4.54. The van der Waals surface area contributed by atoms with Crippen LogP contribution in [0.15, 0.2) is 134 Å². The molecule has 10 rings (SSSR count). The monoisotopic (exact) mass is 562 g/mol. The standard InChI is InChI=1S/C40H22N2S/c1-2-9-31-29(7-1)30-8-3-4-10-33(30)39-34(31)22-41-40(42-39)27-15-13-24-20-26(14-12-25(24)21-27)28-18-19-36-38-32(28)17-16-23-6-5-11-35(43-36)37(23)38/h1-22H. The number of aromatic nitrogens is 2. The number of thiophene rings is 1. The van der Waals surface area contributed by atoms with Crippen LogP contribution in [0.1, 0.15) is 0 Å². The van der Waals surface area contributed by atoms with E-state index < -0.39 is 0 Å². The summed E-state index contributed by atoms with van der Waals surface area (Å²) >= 11 is 1.89. The lowest BCUT2D eigenvalue weighted by atomic mass is 9.93. The van der Waals surface area contributed by atoms with Crippen molar-refractivity contribution in [2.24, 2.45) is 0 Å². The van der Waals surface area contributed by atoms with E-state index in [0.29, 0.717) is 0 Å². The van der Waals surface area contributed by atoms with Crippen LogP contribution in [0.4, 0.5) is 0 Å². The van der Waals surface area contributed by atoms with Gasteiger partial charge >= 0.3 is 0 Å². The van der Waals surface area contributed by atoms with E-state index in [0.717, 1.165) is 27.7 Å². The van der Waals surface area contributed by atoms with Gasteiger partial charge in [-0.15, -0.1) is 11.3 Å². The Morgan fingerprint density at radius 2 is 1.12 bits per heavy atom. The molecule has 0 saturated carbocycles. The lowest BCUT2D eigenvalue weighted by Crippen LogP contribution is -1.93. The van der Waals surface area contributed by atoms with Crippen LogP contribution in [-0.2, 0) is 0 Å². The molecule has 2 nitrogen and oxygen atoms in total. The van der Waals surface area contributed by atoms with Crippen molar-refractivity contribution >= 4 is 85.5 Å². The molecular weight excluding hydrogens is 541 g/mol. The van der Waals surface area contributed by atoms with E-state index in [-0.39, 0.29) is 0 Å². The smallest absolute Gasteiger partial charge is 0.159 e. The second kappa shape index (κ2) is 8.57. The molecule has 0 fully saturated rings. The van der Waals surface area contributed by atoms with Crippen molar-refractivity contribution in [3.05, 3.63) is 134 Å². The Balaban J connectivity index is 1.11. The van der Waals surface area contributed by atoms with Crippen LogP contribution in [-0.4, -0.2) is 9.97 Å². The summed E-state index contributed by atoms with van der Waals surface area (Å²) in [6.45, 7) is 0. The zero-order valence-electron chi connectivity index (χ0n) is 23.0. The first-order chi connectivity index (χ1) is 21.3. The molecule has 2 aromatic heterocycles. The quantitative estimate of drug-likeness (QED) is 0.196. The van der Waals surface area contributed by atoms with E-state index in [1.165, 1.54) is 69.0 Å². The van der Waals surface area contributed by atoms with Gasteiger partial charge in [-0.2, -0.15) is 0 Å². The highest BCUT2D eigenvalue weighted by Crippen LogP contribution is 2.44. The molecule has 0 atom stereocenters. The van der Waals surface area contributed by atoms with Crippen LogP contribution < -0.4 is 0 Å². The number of rotatable bonds is 2. The maximum atomic E-state index is 5.15. The largest absolute Gasteiger partial charge is 0.236 e. The van der Waals surface area contributed by atoms with E-state index in [9.17, 15) is 0 Å². The van der Waals surface area contributed by atoms with Crippen molar-refractivity contribution in [1.29, 1.82) is 0 Å². The molecule has 0 saturated heterocycles. The molecule has 0 unspecified atom stereocenters. The van der Waals surface area contributed by atoms with Crippen molar-refractivity contribution in [2.45, 2.75) is 0 Å². The summed E-state index contributed by atoms with van der Waals surface area (Å²) in [5, 5.41) is 13.7. The summed E-state index contributed by atoms with van der Waals surface area (Å²) < 4.78 is 2.71. The molecule has 0 aliphatic carbocycles. The highest BCUT2D eigenvalue weighted by molar-refractivity contribution is 7.26. The lowest BCUT2D eigenvalue weighted by molar-refractivity contribution is 1.24. The highest BCUT2D eigenvalue weighted by Gasteiger charge is 2.15. The van der Waals surface area contributed by atoms with Crippen molar-refractivity contribution in [3.8, 4) is 22.5 Å². The topological polar surface area (TPSA) is 25.8 Å². The Bertz CT molecular complexity index is 2700. The summed E-state index contributed by atoms with van der Waals surface area (Å²) in [4.78, 5) is 10.0. The zero-order chi connectivity index (χ0) is 28.1. The molecule has 198 valence electrons. The molecule has 0 radical (unpaired) electrons. The van der Waals surface area contributed by atoms with Gasteiger partial charge in [-0.25, -0.2) is 9.97 Å². The predicted molar refractivity (Wildman–Crippen MR) is 185 cm³/mol. The number of hydrogen-bond donors (Lipinski definition) is 0. The Hall–Kier alpha value is -5.38. The fourth-order valence-electron chi connectivity index (χ4n) is 7.05. The fraction of sp³-hybridized carbons (Fsp3) is 0. The number of benzene rings is 8. The van der Waals surface area contributed by atoms with Gasteiger partial charge in [0.15, 0.2) is 5.82 Å². The first-order valence-corrected chi connectivity index (χ1v) is 15.4. The third kappa shape index (κ3) is 3.28. The van der Waals surface area contributed by atoms with E-state index in [4.69, 9.17) is 9.97 Å². The lowest BCUT2D eigenvalue weighted by Gasteiger charge is -2.12. The van der Waals surface area contributed by atoms with Gasteiger partial charge < -0.3 is 0 Å². The number of hydrogen-bond acceptors (Lipinski definition) is 3. The van der Waals surface area contributed by atoms with Crippen LogP contribution in [0.5, 0.6) is 0 Å². The minimum atomic E-state index is 0.749. The molecular formula is C40H22N2S. The molecule has 0 aliphatic heterocycles. The molecule has 0 spiro atoms. The molecule has 0 amide bonds. The van der Waals surface area contributed by atoms with Gasteiger partial charge in [0.05, 0.1) is 5.52 Å². The predicted octanol–water partition coefficient (Wildman–Crippen LogP) is 11.4. The van der Waals surface area contributed by atoms with Crippen LogP contribution in [0.2, 0.25) is 0 Å². The van der Waals surface area contributed by atoms with E-state index in [2.05, 4.69) is 127 Å². The average Bonchev–Trinajstić information content (AvgIpc) is 3.47. The second-order valence-electron chi connectivity index (χ2n) is 11.4. The van der Waals surface area contributed by atoms with Crippen molar-refractivity contribution in [1.82, 2.24) is 9.97 Å². The minimum absolute atomic E-state index is 0.749. The minimum Gasteiger partial charge on any atom is -0.236 e. The summed E-state index contributed by atoms with van der Waals surface area (Å²) in [7, 11) is 0. The van der Waals surface area contributed by atoms with Gasteiger partial charge in [-0.3, -0.25) is 0 Å². The molecule has 2 heterocycles. The Morgan fingerprint density at radius 3 is 1.95 bits per heavy atom. The summed E-state index contributed by atoms with van der Waals surface area (Å²) in [6.07, 6.45) is 1.99. The van der Waals surface area contributed by atoms with Gasteiger partial charge in [0.2, 0.25) is 0 Å². The summed E-state index contributed by atoms with van der Waals surface area (Å²) in [5.74, 6) is 0.749. The molecule has 8 aromatic carbocycles. The maximum absolute atomic E-state index is 5.15. The van der Waals surface area contributed by atoms with Crippen LogP contribution in [0.25, 0.3) is 96.7 Å². The van der Waals surface area contributed by atoms with Crippen molar-refractivity contribution in [2.75, 3.05) is 0 Å². The molecule has 10 aromatic rings. The first-order valence-electron chi connectivity index (χ1n) is 14.6. The molecule has 0 aliphatic rings. The Morgan fingerprint density at radius 1 is 0.442 bits per heavy atom. The molecule has 3 heteroatoms. The van der Waals surface area contributed by atoms with Crippen LogP contribution in [0.3, 0.4) is 0 Å². The molecule has 0 bridgehead atoms. The average molecular weight is 563 g/mol. The Labute approximate surface area is 250 Å². The third-order valence-corrected chi connectivity index (χ3v) is 10.2. The van der Waals surface area contributed by atoms with Gasteiger partial charge in [0, 0.05) is 42.7 Å². The zero-order valence-corrected chi connectivity index (χ0v) is 23.8. The normalized spacial score (nSPS) is 12.2. The molecule has 0 N–H and O–H groups in total. The van der Waals surface area contributed by atoms with E-state index in [1.807, 2.05) is 17.5 Å². The third-order valence-electron chi connectivity index (χ3n) is 9.05. The number of fused-ring (bicyclic) bond motifs is 7. The van der Waals surface area contributed by atoms with Gasteiger partial charge in [0.25, 0.3) is 0 Å². The van der Waals surface area contributed by atoms with Crippen molar-refractivity contribution in [3.63, 3.8) is 0 Å². The molecule has 43 heavy (non-hydrogen) atoms. The highest BCUT2D eigenvalue weighted by atomic mass is 32.1. The van der Waals surface area contributed by atoms with Gasteiger partial charge in [-0.1, -0.05) is 103 Å². The fourth-order valence-corrected chi connectivity index (χ4v) is 8.21. The first kappa shape index (κ1) is 23.2. The SMILES string of the molecule is c1cc2ccc3c(-c4ccc5cc(-c6ncc7c8ccccc8c8ccccc8c7n6)ccc5c4)ccc4sc(c1)c2c43. The van der Waals surface area contributed by atoms with Gasteiger partial charge in [0.1, 0.15) is 0 Å². The van der Waals surface area contributed by atoms with E-state index >= 15 is 0 Å². The van der Waals surface area contributed by atoms with Crippen LogP contribution >= 0.6 is 11.3 Å². The van der Waals surface area contributed by atoms with Crippen molar-refractivity contribution < 1.29 is 0 Å². The van der Waals surface area contributed by atoms with Gasteiger partial charge in [-0.05, 0) is 73.1 Å². The Kier molecular flexibility index (Phi) is 4.63.